The van der Waals surface area contributed by atoms with Crippen molar-refractivity contribution in [3.05, 3.63) is 136 Å². The van der Waals surface area contributed by atoms with Gasteiger partial charge in [-0.15, -0.1) is 0 Å². The molecule has 190 valence electrons. The monoisotopic (exact) mass is 517 g/mol. The third-order valence-corrected chi connectivity index (χ3v) is 7.46. The van der Waals surface area contributed by atoms with Gasteiger partial charge in [-0.1, -0.05) is 60.1 Å². The van der Waals surface area contributed by atoms with Gasteiger partial charge in [0.2, 0.25) is 0 Å². The Balaban J connectivity index is 1.18. The standard InChI is InChI=1S/C32H30ClF2NO/c33-28-9-1-24(2-10-28)22-37-31-15-3-23(4-16-31)21-36-19-17-27(18-20-36)32(25-5-11-29(34)12-6-25)26-7-13-30(35)14-8-26/h1-16,27,32H,17-22H2. The van der Waals surface area contributed by atoms with Gasteiger partial charge in [-0.3, -0.25) is 4.90 Å². The van der Waals surface area contributed by atoms with Crippen LogP contribution in [0.3, 0.4) is 0 Å². The molecule has 0 spiro atoms. The molecular weight excluding hydrogens is 488 g/mol. The largest absolute Gasteiger partial charge is 0.489 e. The van der Waals surface area contributed by atoms with Crippen LogP contribution >= 0.6 is 11.6 Å². The second kappa shape index (κ2) is 11.9. The van der Waals surface area contributed by atoms with Crippen LogP contribution in [0.1, 0.15) is 41.0 Å². The third-order valence-electron chi connectivity index (χ3n) is 7.21. The van der Waals surface area contributed by atoms with E-state index in [1.54, 1.807) is 0 Å². The molecule has 37 heavy (non-hydrogen) atoms. The first-order valence-corrected chi connectivity index (χ1v) is 13.1. The smallest absolute Gasteiger partial charge is 0.123 e. The highest BCUT2D eigenvalue weighted by Crippen LogP contribution is 2.38. The van der Waals surface area contributed by atoms with Crippen LogP contribution in [-0.2, 0) is 13.2 Å². The van der Waals surface area contributed by atoms with Crippen molar-refractivity contribution in [2.45, 2.75) is 31.9 Å². The summed E-state index contributed by atoms with van der Waals surface area (Å²) < 4.78 is 33.1. The molecule has 0 amide bonds. The number of halogens is 3. The Bertz CT molecular complexity index is 1220. The van der Waals surface area contributed by atoms with Crippen LogP contribution in [0.5, 0.6) is 5.75 Å². The van der Waals surface area contributed by atoms with Gasteiger partial charge < -0.3 is 4.74 Å². The first-order valence-electron chi connectivity index (χ1n) is 12.7. The van der Waals surface area contributed by atoms with E-state index >= 15 is 0 Å². The van der Waals surface area contributed by atoms with Crippen molar-refractivity contribution in [3.8, 4) is 5.75 Å². The van der Waals surface area contributed by atoms with Crippen LogP contribution in [0.4, 0.5) is 8.78 Å². The zero-order valence-corrected chi connectivity index (χ0v) is 21.4. The number of hydrogen-bond acceptors (Lipinski definition) is 2. The van der Waals surface area contributed by atoms with Gasteiger partial charge in [0.05, 0.1) is 0 Å². The summed E-state index contributed by atoms with van der Waals surface area (Å²) in [5.41, 5.74) is 4.50. The number of benzene rings is 4. The second-order valence-electron chi connectivity index (χ2n) is 9.75. The molecule has 0 N–H and O–H groups in total. The molecule has 1 saturated heterocycles. The highest BCUT2D eigenvalue weighted by Gasteiger charge is 2.29. The predicted molar refractivity (Wildman–Crippen MR) is 145 cm³/mol. The number of likely N-dealkylation sites (tertiary alicyclic amines) is 1. The summed E-state index contributed by atoms with van der Waals surface area (Å²) in [4.78, 5) is 2.48. The summed E-state index contributed by atoms with van der Waals surface area (Å²) in [6, 6.07) is 29.5. The summed E-state index contributed by atoms with van der Waals surface area (Å²) in [7, 11) is 0. The summed E-state index contributed by atoms with van der Waals surface area (Å²) in [6.07, 6.45) is 2.06. The first-order chi connectivity index (χ1) is 18.0. The summed E-state index contributed by atoms with van der Waals surface area (Å²) in [6.45, 7) is 3.37. The van der Waals surface area contributed by atoms with E-state index in [2.05, 4.69) is 17.0 Å². The van der Waals surface area contributed by atoms with E-state index in [0.717, 1.165) is 59.9 Å². The normalized spacial score (nSPS) is 14.7. The summed E-state index contributed by atoms with van der Waals surface area (Å²) in [5.74, 6) is 0.908. The Labute approximate surface area is 222 Å². The van der Waals surface area contributed by atoms with Crippen molar-refractivity contribution >= 4 is 11.6 Å². The molecule has 0 bridgehead atoms. The molecule has 0 aliphatic carbocycles. The number of ether oxygens (including phenoxy) is 1. The third kappa shape index (κ3) is 6.76. The quantitative estimate of drug-likeness (QED) is 0.233. The number of rotatable bonds is 8. The lowest BCUT2D eigenvalue weighted by Gasteiger charge is -2.36. The maximum absolute atomic E-state index is 13.6. The summed E-state index contributed by atoms with van der Waals surface area (Å²) >= 11 is 5.95. The van der Waals surface area contributed by atoms with Crippen LogP contribution in [0.15, 0.2) is 97.1 Å². The molecule has 4 aromatic carbocycles. The van der Waals surface area contributed by atoms with Crippen molar-refractivity contribution in [2.24, 2.45) is 5.92 Å². The Morgan fingerprint density at radius 1 is 0.703 bits per heavy atom. The molecule has 0 unspecified atom stereocenters. The van der Waals surface area contributed by atoms with Gasteiger partial charge in [-0.05, 0) is 103 Å². The highest BCUT2D eigenvalue weighted by atomic mass is 35.5. The average molecular weight is 518 g/mol. The fourth-order valence-corrected chi connectivity index (χ4v) is 5.34. The lowest BCUT2D eigenvalue weighted by atomic mass is 9.76. The maximum atomic E-state index is 13.6. The van der Waals surface area contributed by atoms with E-state index < -0.39 is 0 Å². The van der Waals surface area contributed by atoms with Crippen LogP contribution in [-0.4, -0.2) is 18.0 Å². The molecule has 1 aliphatic rings. The van der Waals surface area contributed by atoms with Gasteiger partial charge >= 0.3 is 0 Å². The molecule has 5 rings (SSSR count). The number of hydrogen-bond donors (Lipinski definition) is 0. The molecule has 1 heterocycles. The van der Waals surface area contributed by atoms with Gasteiger partial charge in [0.15, 0.2) is 0 Å². The van der Waals surface area contributed by atoms with Crippen LogP contribution < -0.4 is 4.74 Å². The van der Waals surface area contributed by atoms with Gasteiger partial charge in [-0.2, -0.15) is 0 Å². The van der Waals surface area contributed by atoms with Crippen LogP contribution in [0.25, 0.3) is 0 Å². The molecule has 2 nitrogen and oxygen atoms in total. The van der Waals surface area contributed by atoms with E-state index in [0.29, 0.717) is 12.5 Å². The van der Waals surface area contributed by atoms with Gasteiger partial charge in [0, 0.05) is 17.5 Å². The van der Waals surface area contributed by atoms with Gasteiger partial charge in [0.25, 0.3) is 0 Å². The van der Waals surface area contributed by atoms with Crippen molar-refractivity contribution < 1.29 is 13.5 Å². The fraction of sp³-hybridized carbons (Fsp3) is 0.250. The molecule has 0 aromatic heterocycles. The molecule has 0 atom stereocenters. The topological polar surface area (TPSA) is 12.5 Å². The van der Waals surface area contributed by atoms with Crippen molar-refractivity contribution in [1.82, 2.24) is 4.90 Å². The molecule has 1 aliphatic heterocycles. The minimum atomic E-state index is -0.238. The van der Waals surface area contributed by atoms with Crippen molar-refractivity contribution in [3.63, 3.8) is 0 Å². The molecule has 4 aromatic rings. The van der Waals surface area contributed by atoms with Gasteiger partial charge in [0.1, 0.15) is 24.0 Å². The lowest BCUT2D eigenvalue weighted by Crippen LogP contribution is -2.35. The Morgan fingerprint density at radius 3 is 1.76 bits per heavy atom. The van der Waals surface area contributed by atoms with Gasteiger partial charge in [-0.25, -0.2) is 8.78 Å². The molecular formula is C32H30ClF2NO. The zero-order valence-electron chi connectivity index (χ0n) is 20.6. The van der Waals surface area contributed by atoms with E-state index in [-0.39, 0.29) is 17.6 Å². The number of nitrogens with zero attached hydrogens (tertiary/aromatic N) is 1. The molecule has 5 heteroatoms. The predicted octanol–water partition coefficient (Wildman–Crippen LogP) is 8.24. The van der Waals surface area contributed by atoms with Crippen LogP contribution in [0.2, 0.25) is 5.02 Å². The average Bonchev–Trinajstić information content (AvgIpc) is 2.92. The fourth-order valence-electron chi connectivity index (χ4n) is 5.22. The summed E-state index contributed by atoms with van der Waals surface area (Å²) in [5, 5.41) is 0.721. The highest BCUT2D eigenvalue weighted by molar-refractivity contribution is 6.30. The van der Waals surface area contributed by atoms with Crippen molar-refractivity contribution in [2.75, 3.05) is 13.1 Å². The zero-order chi connectivity index (χ0) is 25.6. The SMILES string of the molecule is Fc1ccc(C(c2ccc(F)cc2)C2CCN(Cc3ccc(OCc4ccc(Cl)cc4)cc3)CC2)cc1. The lowest BCUT2D eigenvalue weighted by molar-refractivity contribution is 0.168. The minimum Gasteiger partial charge on any atom is -0.489 e. The first kappa shape index (κ1) is 25.4. The Hall–Kier alpha value is -3.21. The second-order valence-corrected chi connectivity index (χ2v) is 10.2. The van der Waals surface area contributed by atoms with E-state index in [9.17, 15) is 8.78 Å². The van der Waals surface area contributed by atoms with E-state index in [1.165, 1.54) is 29.8 Å². The van der Waals surface area contributed by atoms with E-state index in [1.807, 2.05) is 60.7 Å². The molecule has 1 fully saturated rings. The Kier molecular flexibility index (Phi) is 8.18. The Morgan fingerprint density at radius 2 is 1.22 bits per heavy atom. The van der Waals surface area contributed by atoms with Crippen LogP contribution in [0, 0.1) is 17.6 Å². The number of piperidine rings is 1. The maximum Gasteiger partial charge on any atom is 0.123 e. The minimum absolute atomic E-state index is 0.125. The molecule has 0 saturated carbocycles. The van der Waals surface area contributed by atoms with E-state index in [4.69, 9.17) is 16.3 Å². The van der Waals surface area contributed by atoms with Crippen molar-refractivity contribution in [1.29, 1.82) is 0 Å². The molecule has 0 radical (unpaired) electrons.